The van der Waals surface area contributed by atoms with E-state index in [2.05, 4.69) is 41.6 Å². The number of fused-ring (bicyclic) bond motifs is 3. The number of piperazine rings is 1. The van der Waals surface area contributed by atoms with Gasteiger partial charge in [0.25, 0.3) is 5.91 Å². The van der Waals surface area contributed by atoms with Gasteiger partial charge in [0.15, 0.2) is 0 Å². The Balaban J connectivity index is 1.47. The maximum Gasteiger partial charge on any atom is 0.264 e. The predicted molar refractivity (Wildman–Crippen MR) is 117 cm³/mol. The summed E-state index contributed by atoms with van der Waals surface area (Å²) in [5, 5.41) is 4.85. The highest BCUT2D eigenvalue weighted by atomic mass is 32.1. The van der Waals surface area contributed by atoms with Crippen LogP contribution in [-0.2, 0) is 12.8 Å². The third-order valence-electron chi connectivity index (χ3n) is 6.14. The van der Waals surface area contributed by atoms with Gasteiger partial charge in [-0.1, -0.05) is 25.1 Å². The van der Waals surface area contributed by atoms with E-state index in [1.807, 2.05) is 23.1 Å². The van der Waals surface area contributed by atoms with Crippen molar-refractivity contribution < 1.29 is 4.79 Å². The molecule has 1 aromatic carbocycles. The normalized spacial score (nSPS) is 16.6. The van der Waals surface area contributed by atoms with Gasteiger partial charge in [0, 0.05) is 36.6 Å². The predicted octanol–water partition coefficient (Wildman–Crippen LogP) is 3.79. The lowest BCUT2D eigenvalue weighted by atomic mass is 9.95. The zero-order valence-corrected chi connectivity index (χ0v) is 17.8. The van der Waals surface area contributed by atoms with E-state index >= 15 is 0 Å². The van der Waals surface area contributed by atoms with Gasteiger partial charge in [-0.25, -0.2) is 4.68 Å². The average Bonchev–Trinajstić information content (AvgIpc) is 3.35. The second kappa shape index (κ2) is 7.43. The van der Waals surface area contributed by atoms with Crippen LogP contribution in [0.2, 0.25) is 0 Å². The molecule has 5 rings (SSSR count). The summed E-state index contributed by atoms with van der Waals surface area (Å²) in [4.78, 5) is 19.7. The fourth-order valence-corrected chi connectivity index (χ4v) is 5.79. The number of likely N-dealkylation sites (N-methyl/N-ethyl adjacent to an activating group) is 1. The third-order valence-corrected chi connectivity index (χ3v) is 7.32. The summed E-state index contributed by atoms with van der Waals surface area (Å²) in [5.74, 6) is 0.190. The van der Waals surface area contributed by atoms with Gasteiger partial charge in [-0.15, -0.1) is 11.3 Å². The number of aromatic nitrogens is 2. The minimum absolute atomic E-state index is 0.190. The van der Waals surface area contributed by atoms with Crippen LogP contribution in [0.25, 0.3) is 16.1 Å². The molecule has 0 radical (unpaired) electrons. The number of aryl methyl sites for hydroxylation is 2. The molecule has 0 N–H and O–H groups in total. The standard InChI is InChI=1S/C23H26N4OS/c1-3-25-11-13-26(14-12-25)23(28)20-15-17-9-10-19-21(22(17)29-20)16(2)24-27(19)18-7-5-4-6-8-18/h4-8,15H,3,9-14H2,1-2H3. The van der Waals surface area contributed by atoms with Crippen LogP contribution in [0.5, 0.6) is 0 Å². The number of thiophene rings is 1. The van der Waals surface area contributed by atoms with E-state index in [9.17, 15) is 4.79 Å². The first-order valence-electron chi connectivity index (χ1n) is 10.4. The number of hydrogen-bond acceptors (Lipinski definition) is 4. The number of benzene rings is 1. The number of carbonyl (C=O) groups excluding carboxylic acids is 1. The van der Waals surface area contributed by atoms with Gasteiger partial charge >= 0.3 is 0 Å². The molecule has 3 aromatic rings. The summed E-state index contributed by atoms with van der Waals surface area (Å²) >= 11 is 1.65. The molecule has 0 bridgehead atoms. The number of amides is 1. The van der Waals surface area contributed by atoms with Crippen LogP contribution < -0.4 is 0 Å². The highest BCUT2D eigenvalue weighted by molar-refractivity contribution is 7.17. The molecule has 0 saturated carbocycles. The summed E-state index contributed by atoms with van der Waals surface area (Å²) in [6.45, 7) is 8.92. The number of hydrogen-bond donors (Lipinski definition) is 0. The molecular formula is C23H26N4OS. The van der Waals surface area contributed by atoms with Crippen LogP contribution in [-0.4, -0.2) is 58.2 Å². The van der Waals surface area contributed by atoms with E-state index in [4.69, 9.17) is 5.10 Å². The lowest BCUT2D eigenvalue weighted by Crippen LogP contribution is -2.48. The first kappa shape index (κ1) is 18.6. The highest BCUT2D eigenvalue weighted by Crippen LogP contribution is 2.42. The van der Waals surface area contributed by atoms with Crippen molar-refractivity contribution in [3.05, 3.63) is 58.2 Å². The van der Waals surface area contributed by atoms with Crippen molar-refractivity contribution in [3.63, 3.8) is 0 Å². The molecule has 0 unspecified atom stereocenters. The SMILES string of the molecule is CCN1CCN(C(=O)c2cc3c(s2)-c2c(C)nn(-c4ccccc4)c2CC3)CC1. The molecule has 1 amide bonds. The van der Waals surface area contributed by atoms with Crippen LogP contribution in [0.3, 0.4) is 0 Å². The molecule has 2 aromatic heterocycles. The summed E-state index contributed by atoms with van der Waals surface area (Å²) in [6, 6.07) is 12.5. The van der Waals surface area contributed by atoms with E-state index in [1.165, 1.54) is 21.7 Å². The first-order chi connectivity index (χ1) is 14.2. The van der Waals surface area contributed by atoms with Gasteiger partial charge in [0.2, 0.25) is 0 Å². The molecule has 6 heteroatoms. The lowest BCUT2D eigenvalue weighted by Gasteiger charge is -2.33. The molecule has 29 heavy (non-hydrogen) atoms. The second-order valence-electron chi connectivity index (χ2n) is 7.85. The molecular weight excluding hydrogens is 380 g/mol. The van der Waals surface area contributed by atoms with Gasteiger partial charge < -0.3 is 9.80 Å². The summed E-state index contributed by atoms with van der Waals surface area (Å²) in [5.41, 5.74) is 5.94. The molecule has 1 aliphatic carbocycles. The molecule has 0 atom stereocenters. The van der Waals surface area contributed by atoms with E-state index in [0.29, 0.717) is 0 Å². The molecule has 2 aliphatic rings. The Kier molecular flexibility index (Phi) is 4.76. The van der Waals surface area contributed by atoms with Crippen molar-refractivity contribution in [1.29, 1.82) is 0 Å². The molecule has 1 fully saturated rings. The fraction of sp³-hybridized carbons (Fsp3) is 0.391. The maximum absolute atomic E-state index is 13.1. The van der Waals surface area contributed by atoms with Gasteiger partial charge in [-0.2, -0.15) is 5.10 Å². The van der Waals surface area contributed by atoms with Crippen molar-refractivity contribution in [2.45, 2.75) is 26.7 Å². The van der Waals surface area contributed by atoms with Crippen LogP contribution in [0.15, 0.2) is 36.4 Å². The Hall–Kier alpha value is -2.44. The molecule has 1 aliphatic heterocycles. The molecule has 150 valence electrons. The average molecular weight is 407 g/mol. The summed E-state index contributed by atoms with van der Waals surface area (Å²) in [7, 11) is 0. The smallest absolute Gasteiger partial charge is 0.264 e. The number of para-hydroxylation sites is 1. The zero-order valence-electron chi connectivity index (χ0n) is 17.0. The van der Waals surface area contributed by atoms with Crippen molar-refractivity contribution in [2.75, 3.05) is 32.7 Å². The maximum atomic E-state index is 13.1. The topological polar surface area (TPSA) is 41.4 Å². The minimum atomic E-state index is 0.190. The van der Waals surface area contributed by atoms with Crippen molar-refractivity contribution >= 4 is 17.2 Å². The summed E-state index contributed by atoms with van der Waals surface area (Å²) < 4.78 is 2.08. The van der Waals surface area contributed by atoms with Gasteiger partial charge in [-0.3, -0.25) is 4.79 Å². The Morgan fingerprint density at radius 3 is 2.59 bits per heavy atom. The number of carbonyl (C=O) groups is 1. The number of nitrogens with zero attached hydrogens (tertiary/aromatic N) is 4. The van der Waals surface area contributed by atoms with Crippen LogP contribution in [0.4, 0.5) is 0 Å². The van der Waals surface area contributed by atoms with E-state index < -0.39 is 0 Å². The molecule has 3 heterocycles. The van der Waals surface area contributed by atoms with E-state index in [1.54, 1.807) is 11.3 Å². The van der Waals surface area contributed by atoms with Gasteiger partial charge in [0.1, 0.15) is 0 Å². The van der Waals surface area contributed by atoms with Crippen molar-refractivity contribution in [2.24, 2.45) is 0 Å². The lowest BCUT2D eigenvalue weighted by molar-refractivity contribution is 0.0648. The monoisotopic (exact) mass is 406 g/mol. The van der Waals surface area contributed by atoms with Crippen molar-refractivity contribution in [3.8, 4) is 16.1 Å². The Morgan fingerprint density at radius 2 is 1.86 bits per heavy atom. The molecule has 5 nitrogen and oxygen atoms in total. The molecule has 0 spiro atoms. The summed E-state index contributed by atoms with van der Waals surface area (Å²) in [6.07, 6.45) is 1.92. The fourth-order valence-electron chi connectivity index (χ4n) is 4.49. The molecule has 1 saturated heterocycles. The van der Waals surface area contributed by atoms with Crippen LogP contribution >= 0.6 is 11.3 Å². The highest BCUT2D eigenvalue weighted by Gasteiger charge is 2.29. The Bertz CT molecular complexity index is 1040. The quantitative estimate of drug-likeness (QED) is 0.665. The second-order valence-corrected chi connectivity index (χ2v) is 8.90. The largest absolute Gasteiger partial charge is 0.335 e. The van der Waals surface area contributed by atoms with Crippen LogP contribution in [0.1, 0.15) is 33.5 Å². The number of rotatable bonds is 3. The third kappa shape index (κ3) is 3.20. The van der Waals surface area contributed by atoms with Crippen molar-refractivity contribution in [1.82, 2.24) is 19.6 Å². The van der Waals surface area contributed by atoms with E-state index in [-0.39, 0.29) is 5.91 Å². The Morgan fingerprint density at radius 1 is 1.10 bits per heavy atom. The Labute approximate surface area is 175 Å². The minimum Gasteiger partial charge on any atom is -0.335 e. The van der Waals surface area contributed by atoms with Gasteiger partial charge in [-0.05, 0) is 50.1 Å². The first-order valence-corrected chi connectivity index (χ1v) is 11.3. The van der Waals surface area contributed by atoms with E-state index in [0.717, 1.165) is 61.8 Å². The van der Waals surface area contributed by atoms with Crippen LogP contribution in [0, 0.1) is 6.92 Å². The van der Waals surface area contributed by atoms with Gasteiger partial charge in [0.05, 0.1) is 22.0 Å². The zero-order chi connectivity index (χ0) is 20.0.